The number of hydrogen-bond acceptors (Lipinski definition) is 5. The smallest absolute Gasteiger partial charge is 0.227 e. The minimum atomic E-state index is -0.489. The summed E-state index contributed by atoms with van der Waals surface area (Å²) < 4.78 is 27.8. The van der Waals surface area contributed by atoms with Crippen LogP contribution in [-0.2, 0) is 23.6 Å². The van der Waals surface area contributed by atoms with Gasteiger partial charge in [0.05, 0.1) is 6.61 Å². The molecule has 1 aliphatic rings. The van der Waals surface area contributed by atoms with Gasteiger partial charge in [-0.1, -0.05) is 42.1 Å². The lowest BCUT2D eigenvalue weighted by Gasteiger charge is -2.28. The Morgan fingerprint density at radius 1 is 1.27 bits per heavy atom. The Labute approximate surface area is 155 Å². The lowest BCUT2D eigenvalue weighted by atomic mass is 10.1. The van der Waals surface area contributed by atoms with Gasteiger partial charge in [-0.2, -0.15) is 0 Å². The minimum Gasteiger partial charge on any atom is -0.460 e. The fourth-order valence-electron chi connectivity index (χ4n) is 2.87. The van der Waals surface area contributed by atoms with Gasteiger partial charge in [0, 0.05) is 29.0 Å². The van der Waals surface area contributed by atoms with E-state index in [1.807, 2.05) is 41.8 Å². The largest absolute Gasteiger partial charge is 0.460 e. The van der Waals surface area contributed by atoms with E-state index in [0.29, 0.717) is 18.1 Å². The van der Waals surface area contributed by atoms with E-state index in [1.54, 1.807) is 6.33 Å². The molecule has 1 aliphatic heterocycles. The van der Waals surface area contributed by atoms with Gasteiger partial charge >= 0.3 is 0 Å². The standard InChI is InChI=1S/C19H18FN3O2S/c1-2-23-12-21-22-19(23)26-11-15-9-16(20)8-14-10-24-18(25-17(14)15)13-6-4-3-5-7-13/h3-9,12,18H,2,10-11H2,1H3/t18-/m0/s1. The number of aryl methyl sites for hydroxylation is 1. The van der Waals surface area contributed by atoms with E-state index in [1.165, 1.54) is 23.9 Å². The average Bonchev–Trinajstić information content (AvgIpc) is 3.14. The van der Waals surface area contributed by atoms with Crippen LogP contribution in [0.1, 0.15) is 29.9 Å². The Kier molecular flexibility index (Phi) is 4.90. The molecule has 1 atom stereocenters. The highest BCUT2D eigenvalue weighted by atomic mass is 32.2. The molecule has 26 heavy (non-hydrogen) atoms. The molecule has 0 radical (unpaired) electrons. The monoisotopic (exact) mass is 371 g/mol. The maximum Gasteiger partial charge on any atom is 0.227 e. The van der Waals surface area contributed by atoms with E-state index >= 15 is 0 Å². The van der Waals surface area contributed by atoms with Gasteiger partial charge in [0.1, 0.15) is 17.9 Å². The molecule has 3 aromatic rings. The second kappa shape index (κ2) is 7.47. The van der Waals surface area contributed by atoms with Crippen LogP contribution in [0, 0.1) is 5.82 Å². The predicted octanol–water partition coefficient (Wildman–Crippen LogP) is 4.34. The van der Waals surface area contributed by atoms with Crippen molar-refractivity contribution >= 4 is 11.8 Å². The van der Waals surface area contributed by atoms with E-state index in [-0.39, 0.29) is 5.82 Å². The first kappa shape index (κ1) is 17.1. The molecule has 0 N–H and O–H groups in total. The van der Waals surface area contributed by atoms with Crippen molar-refractivity contribution in [2.75, 3.05) is 0 Å². The second-order valence-corrected chi connectivity index (χ2v) is 6.86. The maximum atomic E-state index is 14.0. The molecule has 134 valence electrons. The van der Waals surface area contributed by atoms with Crippen LogP contribution in [0.4, 0.5) is 4.39 Å². The molecule has 0 bridgehead atoms. The molecular formula is C19H18FN3O2S. The van der Waals surface area contributed by atoms with Gasteiger partial charge in [-0.25, -0.2) is 4.39 Å². The van der Waals surface area contributed by atoms with E-state index < -0.39 is 6.29 Å². The molecular weight excluding hydrogens is 353 g/mol. The number of nitrogens with zero attached hydrogens (tertiary/aromatic N) is 3. The van der Waals surface area contributed by atoms with Crippen molar-refractivity contribution < 1.29 is 13.9 Å². The van der Waals surface area contributed by atoms with Gasteiger partial charge in [-0.05, 0) is 19.1 Å². The van der Waals surface area contributed by atoms with Crippen LogP contribution in [-0.4, -0.2) is 14.8 Å². The molecule has 4 rings (SSSR count). The quantitative estimate of drug-likeness (QED) is 0.625. The predicted molar refractivity (Wildman–Crippen MR) is 96.3 cm³/mol. The maximum absolute atomic E-state index is 14.0. The summed E-state index contributed by atoms with van der Waals surface area (Å²) in [6, 6.07) is 12.7. The van der Waals surface area contributed by atoms with Crippen LogP contribution < -0.4 is 4.74 Å². The van der Waals surface area contributed by atoms with Gasteiger partial charge in [0.2, 0.25) is 6.29 Å². The molecule has 2 heterocycles. The Morgan fingerprint density at radius 3 is 2.92 bits per heavy atom. The van der Waals surface area contributed by atoms with Crippen molar-refractivity contribution in [1.82, 2.24) is 14.8 Å². The topological polar surface area (TPSA) is 49.2 Å². The van der Waals surface area contributed by atoms with Gasteiger partial charge in [-0.15, -0.1) is 10.2 Å². The molecule has 0 unspecified atom stereocenters. The molecule has 0 saturated heterocycles. The van der Waals surface area contributed by atoms with Gasteiger partial charge < -0.3 is 14.0 Å². The normalized spacial score (nSPS) is 16.2. The lowest BCUT2D eigenvalue weighted by molar-refractivity contribution is -0.112. The number of rotatable bonds is 5. The summed E-state index contributed by atoms with van der Waals surface area (Å²) in [6.45, 7) is 3.13. The fraction of sp³-hybridized carbons (Fsp3) is 0.263. The van der Waals surface area contributed by atoms with Crippen LogP contribution in [0.15, 0.2) is 53.9 Å². The first-order valence-corrected chi connectivity index (χ1v) is 9.38. The SMILES string of the molecule is CCn1cnnc1SCc1cc(F)cc2c1O[C@@H](c1ccccc1)OC2. The van der Waals surface area contributed by atoms with E-state index in [9.17, 15) is 4.39 Å². The van der Waals surface area contributed by atoms with E-state index in [0.717, 1.165) is 28.4 Å². The summed E-state index contributed by atoms with van der Waals surface area (Å²) in [7, 11) is 0. The molecule has 0 amide bonds. The van der Waals surface area contributed by atoms with Crippen molar-refractivity contribution in [3.8, 4) is 5.75 Å². The molecule has 0 spiro atoms. The van der Waals surface area contributed by atoms with Crippen molar-refractivity contribution in [2.45, 2.75) is 37.3 Å². The zero-order valence-electron chi connectivity index (χ0n) is 14.3. The highest BCUT2D eigenvalue weighted by Crippen LogP contribution is 2.38. The van der Waals surface area contributed by atoms with Gasteiger partial charge in [0.15, 0.2) is 5.16 Å². The minimum absolute atomic E-state index is 0.290. The highest BCUT2D eigenvalue weighted by Gasteiger charge is 2.25. The zero-order valence-corrected chi connectivity index (χ0v) is 15.1. The number of halogens is 1. The first-order valence-electron chi connectivity index (χ1n) is 8.39. The summed E-state index contributed by atoms with van der Waals surface area (Å²) in [5.74, 6) is 0.948. The molecule has 1 aromatic heterocycles. The van der Waals surface area contributed by atoms with E-state index in [4.69, 9.17) is 9.47 Å². The van der Waals surface area contributed by atoms with Crippen molar-refractivity contribution in [3.63, 3.8) is 0 Å². The summed E-state index contributed by atoms with van der Waals surface area (Å²) in [5, 5.41) is 8.85. The summed E-state index contributed by atoms with van der Waals surface area (Å²) >= 11 is 1.51. The van der Waals surface area contributed by atoms with Crippen molar-refractivity contribution in [2.24, 2.45) is 0 Å². The fourth-order valence-corrected chi connectivity index (χ4v) is 3.82. The molecule has 0 aliphatic carbocycles. The number of thioether (sulfide) groups is 1. The highest BCUT2D eigenvalue weighted by molar-refractivity contribution is 7.98. The summed E-state index contributed by atoms with van der Waals surface area (Å²) in [6.07, 6.45) is 1.20. The molecule has 5 nitrogen and oxygen atoms in total. The van der Waals surface area contributed by atoms with Crippen LogP contribution >= 0.6 is 11.8 Å². The third-order valence-corrected chi connectivity index (χ3v) is 5.20. The van der Waals surface area contributed by atoms with Crippen LogP contribution in [0.5, 0.6) is 5.75 Å². The second-order valence-electron chi connectivity index (χ2n) is 5.91. The van der Waals surface area contributed by atoms with Crippen molar-refractivity contribution in [1.29, 1.82) is 0 Å². The number of benzene rings is 2. The Morgan fingerprint density at radius 2 is 2.12 bits per heavy atom. The Balaban J connectivity index is 1.59. The number of fused-ring (bicyclic) bond motifs is 1. The average molecular weight is 371 g/mol. The summed E-state index contributed by atoms with van der Waals surface area (Å²) in [4.78, 5) is 0. The van der Waals surface area contributed by atoms with Crippen molar-refractivity contribution in [3.05, 3.63) is 71.3 Å². The zero-order chi connectivity index (χ0) is 17.9. The van der Waals surface area contributed by atoms with Gasteiger partial charge in [-0.3, -0.25) is 0 Å². The lowest BCUT2D eigenvalue weighted by Crippen LogP contribution is -2.19. The number of hydrogen-bond donors (Lipinski definition) is 0. The van der Waals surface area contributed by atoms with Gasteiger partial charge in [0.25, 0.3) is 0 Å². The van der Waals surface area contributed by atoms with Crippen LogP contribution in [0.25, 0.3) is 0 Å². The van der Waals surface area contributed by atoms with Crippen LogP contribution in [0.3, 0.4) is 0 Å². The van der Waals surface area contributed by atoms with Crippen LogP contribution in [0.2, 0.25) is 0 Å². The molecule has 2 aromatic carbocycles. The summed E-state index contributed by atoms with van der Waals surface area (Å²) in [5.41, 5.74) is 2.46. The number of aromatic nitrogens is 3. The molecule has 0 saturated carbocycles. The third-order valence-electron chi connectivity index (χ3n) is 4.17. The first-order chi connectivity index (χ1) is 12.7. The third kappa shape index (κ3) is 3.45. The molecule has 7 heteroatoms. The Hall–Kier alpha value is -2.38. The molecule has 0 fully saturated rings. The number of ether oxygens (including phenoxy) is 2. The van der Waals surface area contributed by atoms with E-state index in [2.05, 4.69) is 10.2 Å². The Bertz CT molecular complexity index is 901.